The van der Waals surface area contributed by atoms with Crippen LogP contribution in [-0.2, 0) is 14.8 Å². The minimum absolute atomic E-state index is 0.0717. The summed E-state index contributed by atoms with van der Waals surface area (Å²) < 4.78 is 29.1. The van der Waals surface area contributed by atoms with Gasteiger partial charge in [-0.2, -0.15) is 0 Å². The SMILES string of the molecule is CCCCC(C(=O)O)N(c1cccc2ccccc12)S(=O)(=O)c1cc(Cl)cc(Br)c1. The number of nitrogens with zero attached hydrogens (tertiary/aromatic N) is 1. The van der Waals surface area contributed by atoms with Gasteiger partial charge in [-0.3, -0.25) is 4.31 Å². The Hall–Kier alpha value is -2.09. The molecule has 0 saturated carbocycles. The number of hydrogen-bond donors (Lipinski definition) is 1. The van der Waals surface area contributed by atoms with Crippen LogP contribution >= 0.6 is 27.5 Å². The maximum absolute atomic E-state index is 13.8. The van der Waals surface area contributed by atoms with Gasteiger partial charge in [-0.05, 0) is 36.1 Å². The molecule has 158 valence electrons. The number of carboxylic acids is 1. The van der Waals surface area contributed by atoms with E-state index in [1.165, 1.54) is 12.1 Å². The number of unbranched alkanes of at least 4 members (excludes halogenated alkanes) is 1. The van der Waals surface area contributed by atoms with E-state index >= 15 is 0 Å². The summed E-state index contributed by atoms with van der Waals surface area (Å²) in [7, 11) is -4.23. The van der Waals surface area contributed by atoms with Crippen LogP contribution in [0.3, 0.4) is 0 Å². The molecule has 3 rings (SSSR count). The Balaban J connectivity index is 2.30. The van der Waals surface area contributed by atoms with E-state index in [1.807, 2.05) is 25.1 Å². The van der Waals surface area contributed by atoms with Crippen molar-refractivity contribution < 1.29 is 18.3 Å². The van der Waals surface area contributed by atoms with Crippen LogP contribution in [0.1, 0.15) is 26.2 Å². The molecule has 0 aliphatic carbocycles. The molecule has 0 amide bonds. The van der Waals surface area contributed by atoms with Gasteiger partial charge in [0.05, 0.1) is 10.6 Å². The van der Waals surface area contributed by atoms with Gasteiger partial charge in [0.25, 0.3) is 10.0 Å². The first kappa shape index (κ1) is 22.6. The molecule has 1 N–H and O–H groups in total. The number of carbonyl (C=O) groups is 1. The highest BCUT2D eigenvalue weighted by Gasteiger charge is 2.37. The van der Waals surface area contributed by atoms with Crippen LogP contribution in [0.4, 0.5) is 5.69 Å². The Morgan fingerprint density at radius 1 is 1.13 bits per heavy atom. The molecule has 0 aliphatic rings. The van der Waals surface area contributed by atoms with Crippen molar-refractivity contribution in [1.82, 2.24) is 0 Å². The van der Waals surface area contributed by atoms with E-state index in [2.05, 4.69) is 15.9 Å². The lowest BCUT2D eigenvalue weighted by atomic mass is 10.1. The third kappa shape index (κ3) is 4.63. The predicted molar refractivity (Wildman–Crippen MR) is 124 cm³/mol. The third-order valence-electron chi connectivity index (χ3n) is 4.80. The number of benzene rings is 3. The van der Waals surface area contributed by atoms with Crippen molar-refractivity contribution in [1.29, 1.82) is 0 Å². The zero-order chi connectivity index (χ0) is 21.9. The summed E-state index contributed by atoms with van der Waals surface area (Å²) in [5.74, 6) is -1.19. The van der Waals surface area contributed by atoms with Crippen molar-refractivity contribution >= 4 is 60.0 Å². The molecule has 0 aromatic heterocycles. The Kier molecular flexibility index (Phi) is 7.06. The summed E-state index contributed by atoms with van der Waals surface area (Å²) >= 11 is 9.37. The zero-order valence-electron chi connectivity index (χ0n) is 16.3. The van der Waals surface area contributed by atoms with E-state index in [4.69, 9.17) is 11.6 Å². The molecule has 0 fully saturated rings. The van der Waals surface area contributed by atoms with Gasteiger partial charge >= 0.3 is 5.97 Å². The first-order chi connectivity index (χ1) is 14.3. The van der Waals surface area contributed by atoms with Crippen molar-refractivity contribution in [2.45, 2.75) is 37.1 Å². The van der Waals surface area contributed by atoms with Crippen molar-refractivity contribution in [3.63, 3.8) is 0 Å². The van der Waals surface area contributed by atoms with E-state index in [9.17, 15) is 18.3 Å². The highest BCUT2D eigenvalue weighted by Crippen LogP contribution is 2.35. The molecule has 30 heavy (non-hydrogen) atoms. The fraction of sp³-hybridized carbons (Fsp3) is 0.227. The maximum Gasteiger partial charge on any atom is 0.327 e. The molecule has 0 aliphatic heterocycles. The second kappa shape index (κ2) is 9.37. The van der Waals surface area contributed by atoms with Crippen LogP contribution < -0.4 is 4.31 Å². The molecule has 8 heteroatoms. The topological polar surface area (TPSA) is 74.7 Å². The lowest BCUT2D eigenvalue weighted by molar-refractivity contribution is -0.138. The highest BCUT2D eigenvalue weighted by atomic mass is 79.9. The second-order valence-corrected chi connectivity index (χ2v) is 10.1. The maximum atomic E-state index is 13.8. The molecule has 0 saturated heterocycles. The molecule has 1 atom stereocenters. The first-order valence-corrected chi connectivity index (χ1v) is 12.1. The molecular weight excluding hydrogens is 490 g/mol. The molecule has 0 heterocycles. The minimum Gasteiger partial charge on any atom is -0.480 e. The van der Waals surface area contributed by atoms with Crippen molar-refractivity contribution in [3.05, 3.63) is 70.2 Å². The molecule has 0 spiro atoms. The van der Waals surface area contributed by atoms with Crippen LogP contribution in [0.15, 0.2) is 70.0 Å². The normalized spacial score (nSPS) is 12.6. The largest absolute Gasteiger partial charge is 0.480 e. The van der Waals surface area contributed by atoms with E-state index < -0.39 is 22.0 Å². The van der Waals surface area contributed by atoms with Crippen LogP contribution in [0.5, 0.6) is 0 Å². The first-order valence-electron chi connectivity index (χ1n) is 9.46. The van der Waals surface area contributed by atoms with Gasteiger partial charge in [-0.15, -0.1) is 0 Å². The molecule has 3 aromatic carbocycles. The Morgan fingerprint density at radius 3 is 2.50 bits per heavy atom. The number of sulfonamides is 1. The summed E-state index contributed by atoms with van der Waals surface area (Å²) in [5.41, 5.74) is 0.327. The van der Waals surface area contributed by atoms with Gasteiger partial charge in [0.1, 0.15) is 6.04 Å². The minimum atomic E-state index is -4.23. The van der Waals surface area contributed by atoms with Crippen molar-refractivity contribution in [2.75, 3.05) is 4.31 Å². The Bertz CT molecular complexity index is 1160. The number of carboxylic acid groups (broad SMARTS) is 1. The van der Waals surface area contributed by atoms with Crippen LogP contribution in [-0.4, -0.2) is 25.5 Å². The van der Waals surface area contributed by atoms with Crippen molar-refractivity contribution in [3.8, 4) is 0 Å². The van der Waals surface area contributed by atoms with Gasteiger partial charge in [0.15, 0.2) is 0 Å². The van der Waals surface area contributed by atoms with Crippen molar-refractivity contribution in [2.24, 2.45) is 0 Å². The molecule has 5 nitrogen and oxygen atoms in total. The van der Waals surface area contributed by atoms with Gasteiger partial charge in [-0.1, -0.05) is 83.7 Å². The van der Waals surface area contributed by atoms with Gasteiger partial charge < -0.3 is 5.11 Å². The third-order valence-corrected chi connectivity index (χ3v) is 7.27. The summed E-state index contributed by atoms with van der Waals surface area (Å²) in [6.07, 6.45) is 1.51. The molecule has 0 bridgehead atoms. The Labute approximate surface area is 189 Å². The smallest absolute Gasteiger partial charge is 0.327 e. The zero-order valence-corrected chi connectivity index (χ0v) is 19.4. The number of halogens is 2. The lowest BCUT2D eigenvalue weighted by Crippen LogP contribution is -2.45. The van der Waals surface area contributed by atoms with Gasteiger partial charge in [-0.25, -0.2) is 13.2 Å². The standard InChI is InChI=1S/C22H21BrClNO4S/c1-2-3-10-21(22(26)27)25(20-11-6-8-15-7-4-5-9-19(15)20)30(28,29)18-13-16(23)12-17(24)14-18/h4-9,11-14,21H,2-3,10H2,1H3,(H,26,27). The Morgan fingerprint density at radius 2 is 1.83 bits per heavy atom. The average Bonchev–Trinajstić information content (AvgIpc) is 2.69. The van der Waals surface area contributed by atoms with E-state index in [1.54, 1.807) is 30.3 Å². The monoisotopic (exact) mass is 509 g/mol. The number of aliphatic carboxylic acids is 1. The number of anilines is 1. The van der Waals surface area contributed by atoms with Crippen LogP contribution in [0.2, 0.25) is 5.02 Å². The fourth-order valence-electron chi connectivity index (χ4n) is 3.39. The summed E-state index contributed by atoms with van der Waals surface area (Å²) in [4.78, 5) is 12.2. The molecular formula is C22H21BrClNO4S. The predicted octanol–water partition coefficient (Wildman–Crippen LogP) is 6.09. The van der Waals surface area contributed by atoms with Gasteiger partial charge in [0.2, 0.25) is 0 Å². The van der Waals surface area contributed by atoms with Crippen LogP contribution in [0, 0.1) is 0 Å². The lowest BCUT2D eigenvalue weighted by Gasteiger charge is -2.31. The molecule has 0 radical (unpaired) electrons. The summed E-state index contributed by atoms with van der Waals surface area (Å²) in [6.45, 7) is 1.93. The highest BCUT2D eigenvalue weighted by molar-refractivity contribution is 9.10. The van der Waals surface area contributed by atoms with E-state index in [-0.39, 0.29) is 16.3 Å². The number of fused-ring (bicyclic) bond motifs is 1. The molecule has 3 aromatic rings. The fourth-order valence-corrected chi connectivity index (χ4v) is 6.20. The summed E-state index contributed by atoms with van der Waals surface area (Å²) in [6, 6.07) is 15.6. The van der Waals surface area contributed by atoms with Gasteiger partial charge in [0, 0.05) is 14.9 Å². The van der Waals surface area contributed by atoms with E-state index in [0.717, 1.165) is 16.1 Å². The summed E-state index contributed by atoms with van der Waals surface area (Å²) in [5, 5.41) is 11.7. The van der Waals surface area contributed by atoms with Crippen LogP contribution in [0.25, 0.3) is 10.8 Å². The number of rotatable bonds is 8. The van der Waals surface area contributed by atoms with E-state index in [0.29, 0.717) is 22.0 Å². The average molecular weight is 511 g/mol. The second-order valence-electron chi connectivity index (χ2n) is 6.90. The quantitative estimate of drug-likeness (QED) is 0.398. The molecule has 1 unspecified atom stereocenters. The number of hydrogen-bond acceptors (Lipinski definition) is 3.